The maximum Gasteiger partial charge on any atom is 0.329 e. The normalized spacial score (nSPS) is 23.2. The van der Waals surface area contributed by atoms with E-state index in [1.807, 2.05) is 50.2 Å². The number of cyclic esters (lactones) is 2. The first-order chi connectivity index (χ1) is 38.7. The second-order valence-electron chi connectivity index (χ2n) is 20.9. The van der Waals surface area contributed by atoms with Gasteiger partial charge in [-0.15, -0.1) is 0 Å². The highest BCUT2D eigenvalue weighted by molar-refractivity contribution is 5.99. The Morgan fingerprint density at radius 1 is 0.588 bits per heavy atom. The standard InChI is InChI=1S/C32H42N2O9.C28H36N2O7/c1-20-29(41-19-22-8-9-22)23(18-21-10-12-24(39-3)13-11-21)6-5-7-25(32(37)42-20)34-31(36)28-30(26(40-4)14-16-33-28)43-27(35)15-17-38-2;1-17-26(36-16-19-7-8-19)20(15-18-9-11-21(34-2)12-10-18)5-4-6-22(28(33)37-17)30-27(32)24-25(31)23(35-3)13-14-29-24/h10-14,16,20,22-23,25,29H,5-9,15,17-19H2,1-4H3,(H,34,36);9-14,17,19-20,22,26,31H,4-8,15-16H2,1-3H3,(H,30,32)/t20-,23+,25-,29-;17-,20+,22-,26-/m00/s1. The molecule has 4 heterocycles. The molecule has 4 fully saturated rings. The summed E-state index contributed by atoms with van der Waals surface area (Å²) in [6.45, 7) is 5.16. The van der Waals surface area contributed by atoms with Crippen LogP contribution in [0.3, 0.4) is 0 Å². The Hall–Kier alpha value is -7.03. The molecular weight excluding hydrogens is 1030 g/mol. The van der Waals surface area contributed by atoms with E-state index >= 15 is 0 Å². The summed E-state index contributed by atoms with van der Waals surface area (Å²) in [7, 11) is 7.53. The zero-order chi connectivity index (χ0) is 57.1. The fourth-order valence-electron chi connectivity index (χ4n) is 10.0. The van der Waals surface area contributed by atoms with Crippen molar-refractivity contribution >= 4 is 29.7 Å². The Kier molecular flexibility index (Phi) is 22.7. The van der Waals surface area contributed by atoms with Gasteiger partial charge >= 0.3 is 17.9 Å². The van der Waals surface area contributed by atoms with E-state index in [4.69, 9.17) is 47.4 Å². The number of rotatable bonds is 22. The average molecular weight is 1110 g/mol. The second kappa shape index (κ2) is 30.0. The zero-order valence-electron chi connectivity index (χ0n) is 47.0. The number of hydrogen-bond acceptors (Lipinski definition) is 18. The number of carbonyl (C=O) groups is 5. The molecule has 2 amide bonds. The van der Waals surface area contributed by atoms with Gasteiger partial charge < -0.3 is 63.1 Å². The van der Waals surface area contributed by atoms with Crippen molar-refractivity contribution in [2.24, 2.45) is 23.7 Å². The van der Waals surface area contributed by atoms with Gasteiger partial charge in [-0.3, -0.25) is 14.4 Å². The lowest BCUT2D eigenvalue weighted by Crippen LogP contribution is -2.45. The number of nitrogens with zero attached hydrogens (tertiary/aromatic N) is 2. The minimum Gasteiger partial charge on any atom is -0.503 e. The Bertz CT molecular complexity index is 2660. The predicted octanol–water partition coefficient (Wildman–Crippen LogP) is 7.58. The molecule has 2 aromatic heterocycles. The van der Waals surface area contributed by atoms with E-state index in [1.54, 1.807) is 14.2 Å². The van der Waals surface area contributed by atoms with Gasteiger partial charge in [-0.2, -0.15) is 0 Å². The van der Waals surface area contributed by atoms with Crippen LogP contribution in [-0.4, -0.2) is 137 Å². The quantitative estimate of drug-likeness (QED) is 0.0642. The number of amides is 2. The third-order valence-electron chi connectivity index (χ3n) is 14.9. The lowest BCUT2D eigenvalue weighted by atomic mass is 9.86. The maximum absolute atomic E-state index is 13.4. The van der Waals surface area contributed by atoms with E-state index in [1.165, 1.54) is 58.7 Å². The lowest BCUT2D eigenvalue weighted by molar-refractivity contribution is -0.161. The summed E-state index contributed by atoms with van der Waals surface area (Å²) in [5.74, 6) is -0.283. The summed E-state index contributed by atoms with van der Waals surface area (Å²) in [6.07, 6.45) is 11.0. The highest BCUT2D eigenvalue weighted by atomic mass is 16.6. The van der Waals surface area contributed by atoms with Crippen molar-refractivity contribution in [3.63, 3.8) is 0 Å². The molecule has 2 aliphatic carbocycles. The Balaban J connectivity index is 0.000000234. The lowest BCUT2D eigenvalue weighted by Gasteiger charge is -2.31. The molecule has 434 valence electrons. The van der Waals surface area contributed by atoms with Crippen LogP contribution in [-0.2, 0) is 50.9 Å². The van der Waals surface area contributed by atoms with Crippen LogP contribution in [0.2, 0.25) is 0 Å². The molecule has 20 nitrogen and oxygen atoms in total. The van der Waals surface area contributed by atoms with Crippen LogP contribution in [0.5, 0.6) is 34.5 Å². The van der Waals surface area contributed by atoms with Crippen LogP contribution >= 0.6 is 0 Å². The van der Waals surface area contributed by atoms with Crippen molar-refractivity contribution < 1.29 is 76.4 Å². The molecule has 8 atom stereocenters. The average Bonchev–Trinajstić information content (AvgIpc) is 4.42. The molecule has 20 heteroatoms. The molecule has 2 aromatic carbocycles. The Labute approximate surface area is 468 Å². The molecular formula is C60H78N4O16. The second-order valence-corrected chi connectivity index (χ2v) is 20.9. The SMILES string of the molecule is COCCC(=O)Oc1c(OC)ccnc1C(=O)N[C@H]1CCC[C@H](Cc2ccc(OC)cc2)[C@@H](OCC2CC2)[C@H](C)OC1=O.COc1ccc(C[C@H]2CCC[C@H](NC(=O)c3nccc(OC)c3O)C(=O)O[C@@H](C)[C@@H]2OCC2CC2)cc1. The Morgan fingerprint density at radius 3 is 1.48 bits per heavy atom. The third kappa shape index (κ3) is 17.5. The van der Waals surface area contributed by atoms with E-state index < -0.39 is 54.0 Å². The van der Waals surface area contributed by atoms with E-state index in [0.29, 0.717) is 50.7 Å². The molecule has 4 aromatic rings. The van der Waals surface area contributed by atoms with Crippen molar-refractivity contribution in [3.8, 4) is 34.5 Å². The summed E-state index contributed by atoms with van der Waals surface area (Å²) in [5, 5.41) is 15.8. The molecule has 80 heavy (non-hydrogen) atoms. The Morgan fingerprint density at radius 2 is 1.04 bits per heavy atom. The molecule has 4 aliphatic rings. The predicted molar refractivity (Wildman–Crippen MR) is 292 cm³/mol. The van der Waals surface area contributed by atoms with Crippen LogP contribution in [0.25, 0.3) is 0 Å². The monoisotopic (exact) mass is 1110 g/mol. The largest absolute Gasteiger partial charge is 0.503 e. The maximum atomic E-state index is 13.4. The number of aromatic nitrogens is 2. The van der Waals surface area contributed by atoms with E-state index in [-0.39, 0.29) is 71.5 Å². The number of carbonyl (C=O) groups excluding carboxylic acids is 5. The van der Waals surface area contributed by atoms with Crippen LogP contribution in [0, 0.1) is 23.7 Å². The van der Waals surface area contributed by atoms with Crippen molar-refractivity contribution in [1.29, 1.82) is 0 Å². The minimum absolute atomic E-state index is 0.0237. The van der Waals surface area contributed by atoms with Crippen molar-refractivity contribution in [2.45, 2.75) is 134 Å². The number of nitrogens with one attached hydrogen (secondary N) is 2. The first-order valence-electron chi connectivity index (χ1n) is 27.7. The van der Waals surface area contributed by atoms with E-state index in [9.17, 15) is 29.1 Å². The van der Waals surface area contributed by atoms with Gasteiger partial charge in [-0.1, -0.05) is 37.1 Å². The summed E-state index contributed by atoms with van der Waals surface area (Å²) in [4.78, 5) is 73.2. The fourth-order valence-corrected chi connectivity index (χ4v) is 10.0. The van der Waals surface area contributed by atoms with Crippen molar-refractivity contribution in [3.05, 3.63) is 95.6 Å². The van der Waals surface area contributed by atoms with Crippen molar-refractivity contribution in [2.75, 3.05) is 55.4 Å². The van der Waals surface area contributed by atoms with Gasteiger partial charge in [0.1, 0.15) is 35.8 Å². The number of benzene rings is 2. The van der Waals surface area contributed by atoms with Gasteiger partial charge in [0, 0.05) is 44.8 Å². The molecule has 0 unspecified atom stereocenters. The number of ether oxygens (including phenoxy) is 10. The number of hydrogen-bond donors (Lipinski definition) is 3. The van der Waals surface area contributed by atoms with Gasteiger partial charge in [0.2, 0.25) is 5.75 Å². The first-order valence-corrected chi connectivity index (χ1v) is 27.7. The van der Waals surface area contributed by atoms with Crippen LogP contribution in [0.4, 0.5) is 0 Å². The molecule has 0 bridgehead atoms. The number of pyridine rings is 2. The summed E-state index contributed by atoms with van der Waals surface area (Å²) < 4.78 is 55.9. The van der Waals surface area contributed by atoms with Crippen molar-refractivity contribution in [1.82, 2.24) is 20.6 Å². The zero-order valence-corrected chi connectivity index (χ0v) is 47.0. The molecule has 0 spiro atoms. The molecule has 3 N–H and O–H groups in total. The summed E-state index contributed by atoms with van der Waals surface area (Å²) in [6, 6.07) is 17.1. The number of methoxy groups -OCH3 is 5. The minimum atomic E-state index is -0.927. The molecule has 2 saturated carbocycles. The number of aromatic hydroxyl groups is 1. The fraction of sp³-hybridized carbons (Fsp3) is 0.550. The molecule has 2 saturated heterocycles. The third-order valence-corrected chi connectivity index (χ3v) is 14.9. The van der Waals surface area contributed by atoms with Crippen LogP contribution in [0.1, 0.15) is 117 Å². The topological polar surface area (TPSA) is 248 Å². The smallest absolute Gasteiger partial charge is 0.329 e. The molecule has 2 aliphatic heterocycles. The first kappa shape index (κ1) is 60.6. The van der Waals surface area contributed by atoms with Crippen LogP contribution in [0.15, 0.2) is 73.1 Å². The highest BCUT2D eigenvalue weighted by Gasteiger charge is 2.39. The van der Waals surface area contributed by atoms with Gasteiger partial charge in [-0.25, -0.2) is 19.6 Å². The van der Waals surface area contributed by atoms with Gasteiger partial charge in [0.25, 0.3) is 11.8 Å². The van der Waals surface area contributed by atoms with Crippen LogP contribution < -0.4 is 34.3 Å². The number of esters is 3. The summed E-state index contributed by atoms with van der Waals surface area (Å²) in [5.41, 5.74) is 1.93. The molecule has 8 rings (SSSR count). The van der Waals surface area contributed by atoms with E-state index in [2.05, 4.69) is 32.7 Å². The summed E-state index contributed by atoms with van der Waals surface area (Å²) >= 11 is 0. The molecule has 0 radical (unpaired) electrons. The van der Waals surface area contributed by atoms with Gasteiger partial charge in [0.05, 0.1) is 53.7 Å². The van der Waals surface area contributed by atoms with Gasteiger partial charge in [-0.05, 0) is 137 Å². The van der Waals surface area contributed by atoms with Gasteiger partial charge in [0.15, 0.2) is 28.6 Å². The highest BCUT2D eigenvalue weighted by Crippen LogP contribution is 2.36. The van der Waals surface area contributed by atoms with E-state index in [0.717, 1.165) is 61.2 Å².